The van der Waals surface area contributed by atoms with E-state index in [4.69, 9.17) is 4.11 Å². The molecule has 0 amide bonds. The maximum atomic E-state index is 12.3. The molecule has 0 aliphatic carbocycles. The fraction of sp³-hybridized carbons (Fsp3) is 1.00. The van der Waals surface area contributed by atoms with Crippen LogP contribution in [0.25, 0.3) is 0 Å². The van der Waals surface area contributed by atoms with Crippen molar-refractivity contribution in [1.82, 2.24) is 0 Å². The van der Waals surface area contributed by atoms with Gasteiger partial charge in [0.05, 0.1) is 0 Å². The minimum absolute atomic E-state index is 1.47. The molecule has 0 aliphatic rings. The summed E-state index contributed by atoms with van der Waals surface area (Å²) >= 11 is 1.47. The van der Waals surface area contributed by atoms with Crippen molar-refractivity contribution in [1.29, 1.82) is 0 Å². The van der Waals surface area contributed by atoms with Gasteiger partial charge < -0.3 is 0 Å². The Morgan fingerprint density at radius 1 is 1.38 bits per heavy atom. The zero-order chi connectivity index (χ0) is 9.50. The maximum absolute atomic E-state index is 12.3. The van der Waals surface area contributed by atoms with Crippen molar-refractivity contribution in [2.45, 2.75) is 17.6 Å². The molecule has 8 heavy (non-hydrogen) atoms. The number of hydrogen-bond donors (Lipinski definition) is 0. The molecule has 0 saturated carbocycles. The van der Waals surface area contributed by atoms with Crippen LogP contribution in [-0.4, -0.2) is 10.8 Å². The summed E-state index contributed by atoms with van der Waals surface area (Å²) in [4.78, 5) is 0. The van der Waals surface area contributed by atoms with E-state index in [1.165, 1.54) is 15.9 Å². The summed E-state index contributed by atoms with van der Waals surface area (Å²) in [7, 11) is 0. The molecule has 0 aromatic heterocycles. The fourth-order valence-electron chi connectivity index (χ4n) is 0. The molecule has 0 bridgehead atoms. The third kappa shape index (κ3) is 1.98. The number of halogens is 5. The van der Waals surface area contributed by atoms with Gasteiger partial charge in [0.2, 0.25) is 0 Å². The Morgan fingerprint density at radius 2 is 1.75 bits per heavy atom. The molecule has 0 radical (unpaired) electrons. The van der Waals surface area contributed by atoms with E-state index in [2.05, 4.69) is 0 Å². The average Bonchev–Trinajstić information content (AvgIpc) is 1.58. The van der Waals surface area contributed by atoms with Crippen LogP contribution in [0.5, 0.6) is 0 Å². The van der Waals surface area contributed by atoms with E-state index in [1.54, 1.807) is 0 Å². The van der Waals surface area contributed by atoms with Gasteiger partial charge in [0.15, 0.2) is 0 Å². The highest BCUT2D eigenvalue weighted by Gasteiger charge is 2.50. The molecule has 0 aliphatic heterocycles. The van der Waals surface area contributed by atoms with Gasteiger partial charge in [-0.3, -0.25) is 0 Å². The van der Waals surface area contributed by atoms with Gasteiger partial charge in [0.1, 0.15) is 0 Å². The second-order valence-electron chi connectivity index (χ2n) is 1.07. The van der Waals surface area contributed by atoms with Gasteiger partial charge in [0, 0.05) is 4.11 Å². The van der Waals surface area contributed by atoms with E-state index in [0.717, 1.165) is 0 Å². The Balaban J connectivity index is 4.75. The van der Waals surface area contributed by atoms with Crippen LogP contribution in [0.2, 0.25) is 0 Å². The first-order chi connectivity index (χ1) is 4.50. The first kappa shape index (κ1) is 4.09. The molecular formula is C3H3BrF4. The van der Waals surface area contributed by atoms with E-state index in [0.29, 0.717) is 0 Å². The van der Waals surface area contributed by atoms with Gasteiger partial charge in [-0.15, -0.1) is 0 Å². The average molecular weight is 198 g/mol. The lowest BCUT2D eigenvalue weighted by molar-refractivity contribution is -0.185. The normalized spacial score (nSPS) is 27.4. The number of alkyl halides is 5. The summed E-state index contributed by atoms with van der Waals surface area (Å²) in [6.07, 6.45) is -5.43. The van der Waals surface area contributed by atoms with E-state index in [9.17, 15) is 17.6 Å². The third-order valence-corrected chi connectivity index (χ3v) is 0.806. The van der Waals surface area contributed by atoms with Gasteiger partial charge in [0.25, 0.3) is 4.58 Å². The second kappa shape index (κ2) is 1.86. The predicted molar refractivity (Wildman–Crippen MR) is 24.5 cm³/mol. The van der Waals surface area contributed by atoms with Gasteiger partial charge in [-0.05, 0) is 22.8 Å². The van der Waals surface area contributed by atoms with E-state index < -0.39 is 17.6 Å². The molecule has 0 aromatic rings. The second-order valence-corrected chi connectivity index (χ2v) is 2.16. The SMILES string of the molecule is [2H]C([2H])([2H])C(F)(Br)C(F)(F)F. The highest BCUT2D eigenvalue weighted by Crippen LogP contribution is 2.38. The monoisotopic (exact) mass is 197 g/mol. The molecular weight excluding hydrogens is 192 g/mol. The zero-order valence-corrected chi connectivity index (χ0v) is 4.98. The molecule has 0 N–H and O–H groups in total. The molecule has 0 nitrogen and oxygen atoms in total. The summed E-state index contributed by atoms with van der Waals surface area (Å²) in [5, 5.41) is 0. The van der Waals surface area contributed by atoms with Crippen molar-refractivity contribution in [3.63, 3.8) is 0 Å². The highest BCUT2D eigenvalue weighted by atomic mass is 79.9. The lowest BCUT2D eigenvalue weighted by Gasteiger charge is -2.15. The quantitative estimate of drug-likeness (QED) is 0.414. The summed E-state index contributed by atoms with van der Waals surface area (Å²) in [5.41, 5.74) is 0. The first-order valence-corrected chi connectivity index (χ1v) is 2.24. The van der Waals surface area contributed by atoms with Crippen LogP contribution in [0.1, 0.15) is 11.0 Å². The summed E-state index contributed by atoms with van der Waals surface area (Å²) < 4.78 is 61.2. The maximum Gasteiger partial charge on any atom is 0.432 e. The van der Waals surface area contributed by atoms with Crippen LogP contribution in [0.15, 0.2) is 0 Å². The van der Waals surface area contributed by atoms with Crippen LogP contribution in [0.3, 0.4) is 0 Å². The molecule has 0 aromatic carbocycles. The third-order valence-electron chi connectivity index (χ3n) is 0.356. The molecule has 5 heteroatoms. The number of hydrogen-bond acceptors (Lipinski definition) is 0. The van der Waals surface area contributed by atoms with Crippen LogP contribution in [-0.2, 0) is 0 Å². The molecule has 1 unspecified atom stereocenters. The molecule has 0 rings (SSSR count). The van der Waals surface area contributed by atoms with Crippen LogP contribution in [0, 0.1) is 0 Å². The predicted octanol–water partition coefficient (Wildman–Crippen LogP) is 2.63. The molecule has 0 fully saturated rings. The van der Waals surface area contributed by atoms with Gasteiger partial charge in [-0.1, -0.05) is 0 Å². The van der Waals surface area contributed by atoms with E-state index >= 15 is 0 Å². The molecule has 0 saturated heterocycles. The lowest BCUT2D eigenvalue weighted by atomic mass is 10.4. The van der Waals surface area contributed by atoms with Crippen LogP contribution >= 0.6 is 15.9 Å². The topological polar surface area (TPSA) is 0 Å². The van der Waals surface area contributed by atoms with E-state index in [-0.39, 0.29) is 0 Å². The number of rotatable bonds is 0. The van der Waals surface area contributed by atoms with Crippen molar-refractivity contribution in [2.24, 2.45) is 0 Å². The minimum Gasteiger partial charge on any atom is -0.222 e. The summed E-state index contributed by atoms with van der Waals surface area (Å²) in [6, 6.07) is 0. The molecule has 50 valence electrons. The highest BCUT2D eigenvalue weighted by molar-refractivity contribution is 9.10. The summed E-state index contributed by atoms with van der Waals surface area (Å²) in [5.74, 6) is 0. The molecule has 1 atom stereocenters. The Hall–Kier alpha value is 0.200. The van der Waals surface area contributed by atoms with Crippen molar-refractivity contribution >= 4 is 15.9 Å². The van der Waals surface area contributed by atoms with Crippen molar-refractivity contribution < 1.29 is 21.7 Å². The van der Waals surface area contributed by atoms with Gasteiger partial charge >= 0.3 is 6.18 Å². The Labute approximate surface area is 56.2 Å². The fourth-order valence-corrected chi connectivity index (χ4v) is 0. The summed E-state index contributed by atoms with van der Waals surface area (Å²) in [6.45, 7) is -3.74. The lowest BCUT2D eigenvalue weighted by Crippen LogP contribution is -2.30. The van der Waals surface area contributed by atoms with Crippen molar-refractivity contribution in [3.8, 4) is 0 Å². The Morgan fingerprint density at radius 3 is 1.75 bits per heavy atom. The van der Waals surface area contributed by atoms with E-state index in [1.807, 2.05) is 0 Å². The molecule has 0 spiro atoms. The van der Waals surface area contributed by atoms with Crippen molar-refractivity contribution in [3.05, 3.63) is 0 Å². The van der Waals surface area contributed by atoms with Gasteiger partial charge in [-0.2, -0.15) is 13.2 Å². The van der Waals surface area contributed by atoms with Crippen LogP contribution < -0.4 is 0 Å². The van der Waals surface area contributed by atoms with Crippen LogP contribution in [0.4, 0.5) is 17.6 Å². The van der Waals surface area contributed by atoms with Gasteiger partial charge in [-0.25, -0.2) is 4.39 Å². The minimum atomic E-state index is -5.43. The Bertz CT molecular complexity index is 132. The molecule has 0 heterocycles. The smallest absolute Gasteiger partial charge is 0.222 e. The first-order valence-electron chi connectivity index (χ1n) is 2.94. The standard InChI is InChI=1S/C3H3BrF4/c1-2(4,5)3(6,7)8/h1H3/i1D3. The zero-order valence-electron chi connectivity index (χ0n) is 6.39. The Kier molecular flexibility index (Phi) is 0.950. The van der Waals surface area contributed by atoms with Crippen molar-refractivity contribution in [2.75, 3.05) is 0 Å². The largest absolute Gasteiger partial charge is 0.432 e.